The van der Waals surface area contributed by atoms with E-state index in [1.165, 1.54) is 18.4 Å². The Morgan fingerprint density at radius 1 is 1.32 bits per heavy atom. The molecule has 0 atom stereocenters. The zero-order valence-electron chi connectivity index (χ0n) is 9.82. The van der Waals surface area contributed by atoms with Crippen LogP contribution in [0.5, 0.6) is 0 Å². The van der Waals surface area contributed by atoms with Crippen LogP contribution in [0.3, 0.4) is 0 Å². The van der Waals surface area contributed by atoms with Crippen molar-refractivity contribution in [3.05, 3.63) is 44.0 Å². The summed E-state index contributed by atoms with van der Waals surface area (Å²) in [6, 6.07) is 6.95. The number of H-pyrrole nitrogens is 1. The van der Waals surface area contributed by atoms with E-state index in [1.807, 2.05) is 6.07 Å². The van der Waals surface area contributed by atoms with Gasteiger partial charge in [0.2, 0.25) is 0 Å². The van der Waals surface area contributed by atoms with Crippen molar-refractivity contribution < 1.29 is 9.53 Å². The van der Waals surface area contributed by atoms with E-state index < -0.39 is 5.97 Å². The summed E-state index contributed by atoms with van der Waals surface area (Å²) in [5, 5.41) is 1.56. The Hall–Kier alpha value is -1.66. The highest BCUT2D eigenvalue weighted by molar-refractivity contribution is 9.11. The fourth-order valence-electron chi connectivity index (χ4n) is 2.01. The monoisotopic (exact) mass is 337 g/mol. The molecule has 0 aliphatic heterocycles. The molecule has 4 nitrogen and oxygen atoms in total. The summed E-state index contributed by atoms with van der Waals surface area (Å²) in [6.45, 7) is 0. The number of aromatic nitrogens is 1. The lowest BCUT2D eigenvalue weighted by Crippen LogP contribution is -2.06. The van der Waals surface area contributed by atoms with Crippen molar-refractivity contribution in [3.8, 4) is 0 Å². The van der Waals surface area contributed by atoms with Gasteiger partial charge in [0.1, 0.15) is 0 Å². The van der Waals surface area contributed by atoms with E-state index in [1.54, 1.807) is 18.2 Å². The first-order valence-corrected chi connectivity index (χ1v) is 7.04. The highest BCUT2D eigenvalue weighted by atomic mass is 79.9. The highest BCUT2D eigenvalue weighted by Gasteiger charge is 2.11. The Balaban J connectivity index is 2.39. The summed E-state index contributed by atoms with van der Waals surface area (Å²) in [5.74, 6) is -0.421. The summed E-state index contributed by atoms with van der Waals surface area (Å²) < 4.78 is 6.48. The minimum atomic E-state index is -0.421. The smallest absolute Gasteiger partial charge is 0.337 e. The van der Waals surface area contributed by atoms with Crippen molar-refractivity contribution in [2.75, 3.05) is 7.11 Å². The number of carbonyl (C=O) groups is 1. The first kappa shape index (κ1) is 12.4. The third-order valence-corrected chi connectivity index (χ3v) is 4.55. The van der Waals surface area contributed by atoms with E-state index in [2.05, 4.69) is 25.7 Å². The summed E-state index contributed by atoms with van der Waals surface area (Å²) >= 11 is 4.88. The molecule has 3 rings (SSSR count). The van der Waals surface area contributed by atoms with Crippen LogP contribution in [0.4, 0.5) is 0 Å². The molecule has 0 spiro atoms. The number of fused-ring (bicyclic) bond motifs is 3. The van der Waals surface area contributed by atoms with Gasteiger partial charge in [-0.2, -0.15) is 0 Å². The SMILES string of the molecule is COC(=O)c1ccc2c(c1)[nH]c(=O)c1cc(Br)sc12. The third-order valence-electron chi connectivity index (χ3n) is 2.88. The van der Waals surface area contributed by atoms with E-state index in [0.29, 0.717) is 16.5 Å². The van der Waals surface area contributed by atoms with E-state index in [-0.39, 0.29) is 5.56 Å². The predicted octanol–water partition coefficient (Wildman–Crippen LogP) is 3.29. The number of ether oxygens (including phenoxy) is 1. The molecule has 0 aliphatic carbocycles. The van der Waals surface area contributed by atoms with Gasteiger partial charge in [0.05, 0.1) is 32.1 Å². The van der Waals surface area contributed by atoms with Crippen molar-refractivity contribution in [3.63, 3.8) is 0 Å². The molecule has 2 aromatic heterocycles. The molecular formula is C13H8BrNO3S. The number of benzene rings is 1. The molecule has 0 bridgehead atoms. The Bertz CT molecular complexity index is 865. The largest absolute Gasteiger partial charge is 0.465 e. The van der Waals surface area contributed by atoms with E-state index in [4.69, 9.17) is 0 Å². The highest BCUT2D eigenvalue weighted by Crippen LogP contribution is 2.32. The normalized spacial score (nSPS) is 11.1. The van der Waals surface area contributed by atoms with E-state index in [9.17, 15) is 9.59 Å². The minimum absolute atomic E-state index is 0.161. The number of carbonyl (C=O) groups excluding carboxylic acids is 1. The quantitative estimate of drug-likeness (QED) is 0.693. The molecule has 1 N–H and O–H groups in total. The van der Waals surface area contributed by atoms with E-state index in [0.717, 1.165) is 13.9 Å². The van der Waals surface area contributed by atoms with Crippen LogP contribution < -0.4 is 5.56 Å². The molecule has 0 amide bonds. The van der Waals surface area contributed by atoms with Crippen LogP contribution in [0.2, 0.25) is 0 Å². The molecule has 6 heteroatoms. The standard InChI is InChI=1S/C13H8BrNO3S/c1-18-13(17)6-2-3-7-9(4-6)15-12(16)8-5-10(14)19-11(7)8/h2-5H,1H3,(H,15,16). The van der Waals surface area contributed by atoms with Crippen LogP contribution in [-0.4, -0.2) is 18.1 Å². The lowest BCUT2D eigenvalue weighted by molar-refractivity contribution is 0.0601. The number of pyridine rings is 1. The Morgan fingerprint density at radius 3 is 2.84 bits per heavy atom. The van der Waals surface area contributed by atoms with Gasteiger partial charge in [-0.3, -0.25) is 4.79 Å². The fraction of sp³-hybridized carbons (Fsp3) is 0.0769. The molecule has 2 heterocycles. The van der Waals surface area contributed by atoms with Gasteiger partial charge in [-0.25, -0.2) is 4.79 Å². The van der Waals surface area contributed by atoms with Gasteiger partial charge in [-0.05, 0) is 34.1 Å². The number of thiophene rings is 1. The molecule has 0 aliphatic rings. The van der Waals surface area contributed by atoms with Crippen molar-refractivity contribution in [2.24, 2.45) is 0 Å². The second-order valence-electron chi connectivity index (χ2n) is 4.00. The minimum Gasteiger partial charge on any atom is -0.465 e. The van der Waals surface area contributed by atoms with Gasteiger partial charge >= 0.3 is 5.97 Å². The molecule has 96 valence electrons. The van der Waals surface area contributed by atoms with Gasteiger partial charge in [0.25, 0.3) is 5.56 Å². The molecule has 0 saturated heterocycles. The maximum absolute atomic E-state index is 12.0. The number of esters is 1. The molecule has 3 aromatic rings. The number of rotatable bonds is 1. The average molecular weight is 338 g/mol. The summed E-state index contributed by atoms with van der Waals surface area (Å²) in [5.41, 5.74) is 0.891. The molecule has 0 fully saturated rings. The first-order valence-electron chi connectivity index (χ1n) is 5.43. The molecule has 19 heavy (non-hydrogen) atoms. The fourth-order valence-corrected chi connectivity index (χ4v) is 3.65. The summed E-state index contributed by atoms with van der Waals surface area (Å²) in [6.07, 6.45) is 0. The van der Waals surface area contributed by atoms with Crippen LogP contribution in [0, 0.1) is 0 Å². The van der Waals surface area contributed by atoms with E-state index >= 15 is 0 Å². The topological polar surface area (TPSA) is 59.2 Å². The Kier molecular flexibility index (Phi) is 2.91. The summed E-state index contributed by atoms with van der Waals surface area (Å²) in [7, 11) is 1.33. The van der Waals surface area contributed by atoms with Crippen LogP contribution in [-0.2, 0) is 4.74 Å². The number of aromatic amines is 1. The molecular weight excluding hydrogens is 330 g/mol. The first-order chi connectivity index (χ1) is 9.10. The van der Waals surface area contributed by atoms with Crippen molar-refractivity contribution in [2.45, 2.75) is 0 Å². The average Bonchev–Trinajstić information content (AvgIpc) is 2.80. The number of hydrogen-bond donors (Lipinski definition) is 1. The van der Waals surface area contributed by atoms with Gasteiger partial charge in [0.15, 0.2) is 0 Å². The zero-order valence-corrected chi connectivity index (χ0v) is 12.2. The summed E-state index contributed by atoms with van der Waals surface area (Å²) in [4.78, 5) is 26.2. The molecule has 0 unspecified atom stereocenters. The van der Waals surface area contributed by atoms with Crippen molar-refractivity contribution in [1.29, 1.82) is 0 Å². The lowest BCUT2D eigenvalue weighted by Gasteiger charge is -2.03. The number of hydrogen-bond acceptors (Lipinski definition) is 4. The van der Waals surface area contributed by atoms with Gasteiger partial charge in [-0.15, -0.1) is 11.3 Å². The van der Waals surface area contributed by atoms with Crippen molar-refractivity contribution >= 4 is 54.2 Å². The van der Waals surface area contributed by atoms with Crippen LogP contribution in [0.15, 0.2) is 32.8 Å². The molecule has 1 aromatic carbocycles. The maximum atomic E-state index is 12.0. The number of nitrogens with one attached hydrogen (secondary N) is 1. The van der Waals surface area contributed by atoms with Crippen molar-refractivity contribution in [1.82, 2.24) is 4.98 Å². The zero-order chi connectivity index (χ0) is 13.6. The third kappa shape index (κ3) is 1.97. The van der Waals surface area contributed by atoms with Crippen LogP contribution in [0.25, 0.3) is 21.0 Å². The molecule has 0 radical (unpaired) electrons. The molecule has 0 saturated carbocycles. The van der Waals surface area contributed by atoms with Gasteiger partial charge in [-0.1, -0.05) is 6.07 Å². The van der Waals surface area contributed by atoms with Crippen LogP contribution >= 0.6 is 27.3 Å². The van der Waals surface area contributed by atoms with Gasteiger partial charge < -0.3 is 9.72 Å². The van der Waals surface area contributed by atoms with Gasteiger partial charge in [0, 0.05) is 5.39 Å². The number of halogens is 1. The number of methoxy groups -OCH3 is 1. The second kappa shape index (κ2) is 4.47. The second-order valence-corrected chi connectivity index (χ2v) is 6.43. The predicted molar refractivity (Wildman–Crippen MR) is 79.0 cm³/mol. The maximum Gasteiger partial charge on any atom is 0.337 e. The van der Waals surface area contributed by atoms with Crippen LogP contribution in [0.1, 0.15) is 10.4 Å². The Morgan fingerprint density at radius 2 is 2.11 bits per heavy atom. The lowest BCUT2D eigenvalue weighted by atomic mass is 10.1. The Labute approximate surface area is 120 Å².